The van der Waals surface area contributed by atoms with Crippen LogP contribution in [-0.2, 0) is 5.60 Å². The van der Waals surface area contributed by atoms with Crippen molar-refractivity contribution in [2.75, 3.05) is 11.5 Å². The van der Waals surface area contributed by atoms with E-state index in [2.05, 4.69) is 13.8 Å². The van der Waals surface area contributed by atoms with Crippen LogP contribution in [0.4, 0.5) is 0 Å². The fourth-order valence-corrected chi connectivity index (χ4v) is 4.28. The van der Waals surface area contributed by atoms with Gasteiger partial charge in [-0.2, -0.15) is 11.8 Å². The van der Waals surface area contributed by atoms with Gasteiger partial charge in [0.15, 0.2) is 0 Å². The molecule has 1 unspecified atom stereocenters. The van der Waals surface area contributed by atoms with Crippen LogP contribution in [-0.4, -0.2) is 22.7 Å². The molecule has 3 heteroatoms. The maximum Gasteiger partial charge on any atom is 0.120 e. The fraction of sp³-hybridized carbons (Fsp3) is 0.625. The van der Waals surface area contributed by atoms with Gasteiger partial charge < -0.3 is 9.84 Å². The molecule has 0 spiro atoms. The van der Waals surface area contributed by atoms with E-state index in [9.17, 15) is 5.11 Å². The Labute approximate surface area is 119 Å². The Morgan fingerprint density at radius 2 is 2.11 bits per heavy atom. The molecule has 19 heavy (non-hydrogen) atoms. The second-order valence-electron chi connectivity index (χ2n) is 6.39. The molecule has 0 bridgehead atoms. The third kappa shape index (κ3) is 2.50. The maximum atomic E-state index is 11.2. The molecule has 1 aliphatic heterocycles. The first-order valence-electron chi connectivity index (χ1n) is 7.09. The van der Waals surface area contributed by atoms with Gasteiger partial charge in [-0.05, 0) is 48.1 Å². The monoisotopic (exact) mass is 278 g/mol. The van der Waals surface area contributed by atoms with E-state index in [1.165, 1.54) is 0 Å². The lowest BCUT2D eigenvalue weighted by Gasteiger charge is -2.46. The van der Waals surface area contributed by atoms with Gasteiger partial charge in [-0.1, -0.05) is 26.0 Å². The second-order valence-corrected chi connectivity index (χ2v) is 7.50. The Morgan fingerprint density at radius 1 is 1.32 bits per heavy atom. The van der Waals surface area contributed by atoms with Crippen molar-refractivity contribution in [2.24, 2.45) is 5.41 Å². The molecule has 3 rings (SSSR count). The zero-order valence-corrected chi connectivity index (χ0v) is 12.5. The Morgan fingerprint density at radius 3 is 2.79 bits per heavy atom. The largest absolute Gasteiger partial charge is 0.490 e. The van der Waals surface area contributed by atoms with Crippen molar-refractivity contribution in [3.05, 3.63) is 29.8 Å². The lowest BCUT2D eigenvalue weighted by molar-refractivity contribution is -0.0580. The van der Waals surface area contributed by atoms with Crippen molar-refractivity contribution in [3.8, 4) is 5.75 Å². The van der Waals surface area contributed by atoms with Gasteiger partial charge in [-0.3, -0.25) is 0 Å². The minimum atomic E-state index is -0.751. The summed E-state index contributed by atoms with van der Waals surface area (Å²) in [5.41, 5.74) is 0.165. The summed E-state index contributed by atoms with van der Waals surface area (Å²) in [6.07, 6.45) is 3.77. The lowest BCUT2D eigenvalue weighted by atomic mass is 9.70. The molecular formula is C16H22O2S. The molecule has 0 aromatic heterocycles. The zero-order valence-electron chi connectivity index (χ0n) is 11.7. The highest BCUT2D eigenvalue weighted by Crippen LogP contribution is 2.49. The van der Waals surface area contributed by atoms with Gasteiger partial charge in [0.05, 0.1) is 6.10 Å². The molecule has 1 saturated carbocycles. The van der Waals surface area contributed by atoms with Gasteiger partial charge in [0.1, 0.15) is 11.4 Å². The summed E-state index contributed by atoms with van der Waals surface area (Å²) in [6, 6.07) is 8.06. The third-order valence-electron chi connectivity index (χ3n) is 4.44. The van der Waals surface area contributed by atoms with Crippen molar-refractivity contribution in [3.63, 3.8) is 0 Å². The van der Waals surface area contributed by atoms with Gasteiger partial charge in [-0.25, -0.2) is 0 Å². The summed E-state index contributed by atoms with van der Waals surface area (Å²) >= 11 is 1.84. The highest BCUT2D eigenvalue weighted by molar-refractivity contribution is 7.99. The maximum absolute atomic E-state index is 11.2. The third-order valence-corrected chi connectivity index (χ3v) is 5.56. The molecule has 1 saturated heterocycles. The van der Waals surface area contributed by atoms with Crippen molar-refractivity contribution < 1.29 is 9.84 Å². The van der Waals surface area contributed by atoms with Crippen molar-refractivity contribution >= 4 is 11.8 Å². The van der Waals surface area contributed by atoms with Gasteiger partial charge in [0.25, 0.3) is 0 Å². The number of ether oxygens (including phenoxy) is 1. The molecule has 1 N–H and O–H groups in total. The highest BCUT2D eigenvalue weighted by atomic mass is 32.2. The SMILES string of the molecule is CC1(C)CCSCC1(O)c1cccc(OC2CC2)c1. The van der Waals surface area contributed by atoms with Crippen molar-refractivity contribution in [1.82, 2.24) is 0 Å². The van der Waals surface area contributed by atoms with Crippen LogP contribution in [0.25, 0.3) is 0 Å². The van der Waals surface area contributed by atoms with Crippen LogP contribution in [0.2, 0.25) is 0 Å². The van der Waals surface area contributed by atoms with Crippen LogP contribution in [0.15, 0.2) is 24.3 Å². The molecule has 1 aromatic rings. The number of rotatable bonds is 3. The molecule has 1 aliphatic carbocycles. The van der Waals surface area contributed by atoms with E-state index in [0.717, 1.165) is 42.1 Å². The summed E-state index contributed by atoms with van der Waals surface area (Å²) in [5, 5.41) is 11.2. The molecule has 1 atom stereocenters. The van der Waals surface area contributed by atoms with Crippen LogP contribution in [0.3, 0.4) is 0 Å². The van der Waals surface area contributed by atoms with Crippen LogP contribution < -0.4 is 4.74 Å². The molecule has 104 valence electrons. The van der Waals surface area contributed by atoms with Crippen molar-refractivity contribution in [1.29, 1.82) is 0 Å². The van der Waals surface area contributed by atoms with E-state index >= 15 is 0 Å². The van der Waals surface area contributed by atoms with E-state index < -0.39 is 5.60 Å². The molecule has 2 aliphatic rings. The predicted molar refractivity (Wildman–Crippen MR) is 79.7 cm³/mol. The van der Waals surface area contributed by atoms with Crippen LogP contribution >= 0.6 is 11.8 Å². The summed E-state index contributed by atoms with van der Waals surface area (Å²) in [4.78, 5) is 0. The summed E-state index contributed by atoms with van der Waals surface area (Å²) < 4.78 is 5.85. The predicted octanol–water partition coefficient (Wildman–Crippen LogP) is 3.58. The Hall–Kier alpha value is -0.670. The minimum Gasteiger partial charge on any atom is -0.490 e. The summed E-state index contributed by atoms with van der Waals surface area (Å²) in [5.74, 6) is 2.81. The zero-order chi connectivity index (χ0) is 13.5. The molecule has 2 nitrogen and oxygen atoms in total. The number of hydrogen-bond acceptors (Lipinski definition) is 3. The number of thioether (sulfide) groups is 1. The normalized spacial score (nSPS) is 30.1. The fourth-order valence-electron chi connectivity index (χ4n) is 2.63. The molecule has 2 fully saturated rings. The quantitative estimate of drug-likeness (QED) is 0.916. The van der Waals surface area contributed by atoms with Gasteiger partial charge in [0, 0.05) is 5.75 Å². The van der Waals surface area contributed by atoms with Crippen LogP contribution in [0, 0.1) is 5.41 Å². The molecule has 0 amide bonds. The van der Waals surface area contributed by atoms with E-state index in [4.69, 9.17) is 4.74 Å². The van der Waals surface area contributed by atoms with Crippen molar-refractivity contribution in [2.45, 2.75) is 44.8 Å². The molecule has 0 radical (unpaired) electrons. The minimum absolute atomic E-state index is 0.0869. The molecule has 1 aromatic carbocycles. The molecule has 1 heterocycles. The topological polar surface area (TPSA) is 29.5 Å². The number of hydrogen-bond donors (Lipinski definition) is 1. The van der Waals surface area contributed by atoms with E-state index in [1.54, 1.807) is 0 Å². The average Bonchev–Trinajstić information content (AvgIpc) is 3.17. The molecular weight excluding hydrogens is 256 g/mol. The summed E-state index contributed by atoms with van der Waals surface area (Å²) in [6.45, 7) is 4.34. The second kappa shape index (κ2) is 4.71. The first-order valence-corrected chi connectivity index (χ1v) is 8.24. The van der Waals surface area contributed by atoms with E-state index in [1.807, 2.05) is 36.0 Å². The van der Waals surface area contributed by atoms with Gasteiger partial charge in [0.2, 0.25) is 0 Å². The Balaban J connectivity index is 1.90. The number of benzene rings is 1. The standard InChI is InChI=1S/C16H22O2S/c1-15(2)8-9-19-11-16(15,17)12-4-3-5-14(10-12)18-13-6-7-13/h3-5,10,13,17H,6-9,11H2,1-2H3. The first kappa shape index (κ1) is 13.3. The highest BCUT2D eigenvalue weighted by Gasteiger charge is 2.47. The lowest BCUT2D eigenvalue weighted by Crippen LogP contribution is -2.47. The van der Waals surface area contributed by atoms with Gasteiger partial charge in [-0.15, -0.1) is 0 Å². The van der Waals surface area contributed by atoms with E-state index in [-0.39, 0.29) is 5.41 Å². The number of aliphatic hydroxyl groups is 1. The Kier molecular flexibility index (Phi) is 3.30. The van der Waals surface area contributed by atoms with E-state index in [0.29, 0.717) is 6.10 Å². The first-order chi connectivity index (χ1) is 9.01. The van der Waals surface area contributed by atoms with Crippen LogP contribution in [0.5, 0.6) is 5.75 Å². The smallest absolute Gasteiger partial charge is 0.120 e. The van der Waals surface area contributed by atoms with Gasteiger partial charge >= 0.3 is 0 Å². The summed E-state index contributed by atoms with van der Waals surface area (Å²) in [7, 11) is 0. The van der Waals surface area contributed by atoms with Crippen LogP contribution in [0.1, 0.15) is 38.7 Å². The average molecular weight is 278 g/mol. The Bertz CT molecular complexity index is 468.